The van der Waals surface area contributed by atoms with Crippen LogP contribution in [0.4, 0.5) is 13.2 Å². The fourth-order valence-electron chi connectivity index (χ4n) is 6.13. The number of nitrogens with one attached hydrogen (secondary N) is 1. The number of fused-ring (bicyclic) bond motifs is 1. The van der Waals surface area contributed by atoms with E-state index in [0.717, 1.165) is 57.6 Å². The van der Waals surface area contributed by atoms with Gasteiger partial charge >= 0.3 is 12.1 Å². The Balaban J connectivity index is 1.71. The van der Waals surface area contributed by atoms with Gasteiger partial charge in [-0.3, -0.25) is 9.59 Å². The van der Waals surface area contributed by atoms with Gasteiger partial charge in [0.1, 0.15) is 0 Å². The van der Waals surface area contributed by atoms with Gasteiger partial charge in [-0.1, -0.05) is 33.8 Å². The van der Waals surface area contributed by atoms with E-state index < -0.39 is 29.0 Å². The monoisotopic (exact) mass is 554 g/mol. The second-order valence-electron chi connectivity index (χ2n) is 11.7. The molecule has 4 atom stereocenters. The first kappa shape index (κ1) is 31.4. The van der Waals surface area contributed by atoms with Crippen molar-refractivity contribution in [3.05, 3.63) is 34.9 Å². The Labute approximate surface area is 231 Å². The molecule has 0 bridgehead atoms. The summed E-state index contributed by atoms with van der Waals surface area (Å²) in [4.78, 5) is 28.4. The van der Waals surface area contributed by atoms with Gasteiger partial charge in [-0.05, 0) is 80.2 Å². The molecule has 1 aliphatic heterocycles. The Kier molecular flexibility index (Phi) is 10.9. The molecule has 1 fully saturated rings. The standard InChI is InChI=1S/C30H45F3N2O4/c1-6-13-39-14-7-8-21(4)17-34-24-11-12-29(16-24,20(2)3)28(37)35-18-22-15-23(30(31,32)33)9-10-25(22)26(19-35)27(36)38-5/h9-10,15,20-21,24,26,34H,6-8,11-14,16-19H2,1-5H3. The number of methoxy groups -OCH3 is 1. The largest absolute Gasteiger partial charge is 0.468 e. The molecular weight excluding hydrogens is 509 g/mol. The number of halogens is 3. The zero-order valence-corrected chi connectivity index (χ0v) is 24.0. The van der Waals surface area contributed by atoms with Gasteiger partial charge in [0.05, 0.1) is 24.0 Å². The lowest BCUT2D eigenvalue weighted by Crippen LogP contribution is -2.50. The van der Waals surface area contributed by atoms with E-state index >= 15 is 0 Å². The summed E-state index contributed by atoms with van der Waals surface area (Å²) in [5.74, 6) is -0.912. The molecule has 1 amide bonds. The first-order valence-electron chi connectivity index (χ1n) is 14.3. The van der Waals surface area contributed by atoms with E-state index in [-0.39, 0.29) is 31.0 Å². The van der Waals surface area contributed by atoms with E-state index in [9.17, 15) is 22.8 Å². The number of carbonyl (C=O) groups is 2. The van der Waals surface area contributed by atoms with Gasteiger partial charge in [-0.25, -0.2) is 0 Å². The van der Waals surface area contributed by atoms with Gasteiger partial charge in [0.2, 0.25) is 5.91 Å². The quantitative estimate of drug-likeness (QED) is 0.256. The Morgan fingerprint density at radius 1 is 1.21 bits per heavy atom. The molecule has 1 N–H and O–H groups in total. The highest BCUT2D eigenvalue weighted by atomic mass is 19.4. The van der Waals surface area contributed by atoms with Crippen LogP contribution in [-0.4, -0.2) is 56.2 Å². The molecule has 6 nitrogen and oxygen atoms in total. The normalized spacial score (nSPS) is 24.1. The topological polar surface area (TPSA) is 67.9 Å². The maximum atomic E-state index is 14.1. The van der Waals surface area contributed by atoms with Gasteiger partial charge < -0.3 is 19.7 Å². The third-order valence-corrected chi connectivity index (χ3v) is 8.55. The lowest BCUT2D eigenvalue weighted by Gasteiger charge is -2.41. The maximum Gasteiger partial charge on any atom is 0.416 e. The number of carbonyl (C=O) groups excluding carboxylic acids is 2. The van der Waals surface area contributed by atoms with Crippen molar-refractivity contribution in [3.63, 3.8) is 0 Å². The molecule has 0 saturated heterocycles. The number of esters is 1. The summed E-state index contributed by atoms with van der Waals surface area (Å²) in [6.07, 6.45) is 0.844. The minimum atomic E-state index is -4.51. The van der Waals surface area contributed by atoms with Gasteiger partial charge in [0, 0.05) is 32.3 Å². The molecule has 220 valence electrons. The van der Waals surface area contributed by atoms with Crippen LogP contribution >= 0.6 is 0 Å². The van der Waals surface area contributed by atoms with Crippen molar-refractivity contribution in [3.8, 4) is 0 Å². The number of benzene rings is 1. The van der Waals surface area contributed by atoms with Gasteiger partial charge in [-0.15, -0.1) is 0 Å². The molecule has 1 aliphatic carbocycles. The van der Waals surface area contributed by atoms with Crippen LogP contribution < -0.4 is 5.32 Å². The zero-order chi connectivity index (χ0) is 28.8. The van der Waals surface area contributed by atoms with E-state index in [1.54, 1.807) is 4.90 Å². The molecule has 1 heterocycles. The molecule has 4 unspecified atom stereocenters. The van der Waals surface area contributed by atoms with Crippen molar-refractivity contribution in [2.24, 2.45) is 17.3 Å². The van der Waals surface area contributed by atoms with Crippen molar-refractivity contribution in [1.82, 2.24) is 10.2 Å². The van der Waals surface area contributed by atoms with E-state index in [4.69, 9.17) is 9.47 Å². The molecular formula is C30H45F3N2O4. The third kappa shape index (κ3) is 7.54. The highest BCUT2D eigenvalue weighted by Gasteiger charge is 2.50. The van der Waals surface area contributed by atoms with Crippen molar-refractivity contribution in [2.45, 2.75) is 90.9 Å². The second kappa shape index (κ2) is 13.5. The van der Waals surface area contributed by atoms with Crippen LogP contribution in [0.25, 0.3) is 0 Å². The predicted octanol–water partition coefficient (Wildman–Crippen LogP) is 5.93. The van der Waals surface area contributed by atoms with Crippen molar-refractivity contribution < 1.29 is 32.2 Å². The highest BCUT2D eigenvalue weighted by Crippen LogP contribution is 2.47. The van der Waals surface area contributed by atoms with Crippen LogP contribution in [0.1, 0.15) is 88.8 Å². The van der Waals surface area contributed by atoms with Crippen molar-refractivity contribution in [2.75, 3.05) is 33.4 Å². The zero-order valence-electron chi connectivity index (χ0n) is 24.0. The number of ether oxygens (including phenoxy) is 2. The van der Waals surface area contributed by atoms with E-state index in [1.807, 2.05) is 13.8 Å². The van der Waals surface area contributed by atoms with Crippen molar-refractivity contribution >= 4 is 11.9 Å². The SMILES string of the molecule is CCCOCCCC(C)CNC1CCC(C(=O)N2Cc3cc(C(F)(F)F)ccc3C(C(=O)OC)C2)(C(C)C)C1. The second-order valence-corrected chi connectivity index (χ2v) is 11.7. The van der Waals surface area contributed by atoms with E-state index in [0.29, 0.717) is 29.9 Å². The van der Waals surface area contributed by atoms with Crippen molar-refractivity contribution in [1.29, 1.82) is 0 Å². The lowest BCUT2D eigenvalue weighted by molar-refractivity contribution is -0.149. The number of amides is 1. The third-order valence-electron chi connectivity index (χ3n) is 8.55. The van der Waals surface area contributed by atoms with Crippen LogP contribution in [0.15, 0.2) is 18.2 Å². The van der Waals surface area contributed by atoms with E-state index in [2.05, 4.69) is 19.2 Å². The Bertz CT molecular complexity index is 983. The molecule has 1 saturated carbocycles. The van der Waals surface area contributed by atoms with Gasteiger partial charge in [0.15, 0.2) is 0 Å². The van der Waals surface area contributed by atoms with Gasteiger partial charge in [-0.2, -0.15) is 13.2 Å². The fraction of sp³-hybridized carbons (Fsp3) is 0.733. The summed E-state index contributed by atoms with van der Waals surface area (Å²) in [6, 6.07) is 3.61. The predicted molar refractivity (Wildman–Crippen MR) is 144 cm³/mol. The summed E-state index contributed by atoms with van der Waals surface area (Å²) in [5.41, 5.74) is -0.566. The number of hydrogen-bond donors (Lipinski definition) is 1. The number of rotatable bonds is 12. The summed E-state index contributed by atoms with van der Waals surface area (Å²) >= 11 is 0. The van der Waals surface area contributed by atoms with Crippen LogP contribution in [0.3, 0.4) is 0 Å². The summed E-state index contributed by atoms with van der Waals surface area (Å²) in [7, 11) is 1.26. The van der Waals surface area contributed by atoms with Gasteiger partial charge in [0.25, 0.3) is 0 Å². The molecule has 1 aromatic carbocycles. The average Bonchev–Trinajstić information content (AvgIpc) is 3.35. The first-order valence-corrected chi connectivity index (χ1v) is 14.3. The lowest BCUT2D eigenvalue weighted by atomic mass is 9.73. The first-order chi connectivity index (χ1) is 18.4. The molecule has 0 spiro atoms. The number of nitrogens with zero attached hydrogens (tertiary/aromatic N) is 1. The molecule has 9 heteroatoms. The molecule has 3 rings (SSSR count). The summed E-state index contributed by atoms with van der Waals surface area (Å²) < 4.78 is 50.9. The van der Waals surface area contributed by atoms with Crippen LogP contribution in [0.5, 0.6) is 0 Å². The molecule has 39 heavy (non-hydrogen) atoms. The molecule has 1 aromatic rings. The molecule has 0 aromatic heterocycles. The summed E-state index contributed by atoms with van der Waals surface area (Å²) in [5, 5.41) is 3.67. The Morgan fingerprint density at radius 2 is 1.95 bits per heavy atom. The van der Waals surface area contributed by atoms with Crippen LogP contribution in [-0.2, 0) is 31.8 Å². The summed E-state index contributed by atoms with van der Waals surface area (Å²) in [6.45, 7) is 11.0. The van der Waals surface area contributed by atoms with E-state index in [1.165, 1.54) is 13.2 Å². The smallest absolute Gasteiger partial charge is 0.416 e. The minimum Gasteiger partial charge on any atom is -0.468 e. The minimum absolute atomic E-state index is 0.0458. The number of hydrogen-bond acceptors (Lipinski definition) is 5. The Hall–Kier alpha value is -2.13. The maximum absolute atomic E-state index is 14.1. The molecule has 0 radical (unpaired) electrons. The van der Waals surface area contributed by atoms with Crippen LogP contribution in [0, 0.1) is 17.3 Å². The number of alkyl halides is 3. The fourth-order valence-corrected chi connectivity index (χ4v) is 6.13. The Morgan fingerprint density at radius 3 is 2.59 bits per heavy atom. The van der Waals surface area contributed by atoms with Crippen LogP contribution in [0.2, 0.25) is 0 Å². The average molecular weight is 555 g/mol. The highest BCUT2D eigenvalue weighted by molar-refractivity contribution is 5.86. The molecule has 2 aliphatic rings.